The van der Waals surface area contributed by atoms with Gasteiger partial charge in [-0.1, -0.05) is 52.9 Å². The zero-order chi connectivity index (χ0) is 14.3. The summed E-state index contributed by atoms with van der Waals surface area (Å²) in [5.74, 6) is 0.0774. The highest BCUT2D eigenvalue weighted by molar-refractivity contribution is 5.75. The Morgan fingerprint density at radius 1 is 1.21 bits per heavy atom. The van der Waals surface area contributed by atoms with E-state index in [-0.39, 0.29) is 0 Å². The van der Waals surface area contributed by atoms with Crippen LogP contribution in [-0.4, -0.2) is 35.6 Å². The molecule has 0 aromatic rings. The minimum Gasteiger partial charge on any atom is -0.481 e. The van der Waals surface area contributed by atoms with Crippen LogP contribution in [0.5, 0.6) is 0 Å². The number of aliphatic carboxylic acids is 1. The van der Waals surface area contributed by atoms with E-state index >= 15 is 0 Å². The molecule has 1 N–H and O–H groups in total. The third-order valence-electron chi connectivity index (χ3n) is 4.75. The van der Waals surface area contributed by atoms with Gasteiger partial charge >= 0.3 is 5.97 Å². The van der Waals surface area contributed by atoms with Gasteiger partial charge in [-0.3, -0.25) is 4.79 Å². The maximum Gasteiger partial charge on any atom is 0.310 e. The van der Waals surface area contributed by atoms with Gasteiger partial charge in [0.2, 0.25) is 0 Å². The van der Waals surface area contributed by atoms with Crippen molar-refractivity contribution in [2.75, 3.05) is 19.6 Å². The van der Waals surface area contributed by atoms with Crippen molar-refractivity contribution in [1.82, 2.24) is 4.90 Å². The summed E-state index contributed by atoms with van der Waals surface area (Å²) in [5, 5.41) is 9.72. The van der Waals surface area contributed by atoms with Crippen molar-refractivity contribution in [3.05, 3.63) is 0 Å². The van der Waals surface area contributed by atoms with Crippen molar-refractivity contribution in [1.29, 1.82) is 0 Å². The Bertz CT molecular complexity index is 270. The fourth-order valence-corrected chi connectivity index (χ4v) is 3.15. The number of hydrogen-bond donors (Lipinski definition) is 1. The van der Waals surface area contributed by atoms with Crippen LogP contribution in [0.25, 0.3) is 0 Å². The van der Waals surface area contributed by atoms with Gasteiger partial charge in [0.15, 0.2) is 0 Å². The fraction of sp³-hybridized carbons (Fsp3) is 0.938. The van der Waals surface area contributed by atoms with E-state index in [1.54, 1.807) is 0 Å². The molecule has 3 heteroatoms. The van der Waals surface area contributed by atoms with E-state index in [0.717, 1.165) is 51.7 Å². The highest BCUT2D eigenvalue weighted by atomic mass is 16.4. The molecular weight excluding hydrogens is 238 g/mol. The van der Waals surface area contributed by atoms with Gasteiger partial charge in [-0.25, -0.2) is 0 Å². The van der Waals surface area contributed by atoms with Crippen molar-refractivity contribution in [3.63, 3.8) is 0 Å². The van der Waals surface area contributed by atoms with E-state index in [0.29, 0.717) is 5.92 Å². The molecule has 0 aliphatic heterocycles. The zero-order valence-electron chi connectivity index (χ0n) is 13.0. The lowest BCUT2D eigenvalue weighted by Crippen LogP contribution is -2.44. The zero-order valence-corrected chi connectivity index (χ0v) is 13.0. The summed E-state index contributed by atoms with van der Waals surface area (Å²) in [6, 6.07) is 0. The van der Waals surface area contributed by atoms with E-state index in [1.807, 2.05) is 0 Å². The standard InChI is InChI=1S/C16H31NO2/c1-4-14(3)12-17(5-2)13-16(15(18)19)10-8-6-7-9-11-16/h14H,4-13H2,1-3H3,(H,18,19). The summed E-state index contributed by atoms with van der Waals surface area (Å²) in [5.41, 5.74) is -0.486. The lowest BCUT2D eigenvalue weighted by molar-refractivity contribution is -0.151. The average molecular weight is 269 g/mol. The summed E-state index contributed by atoms with van der Waals surface area (Å²) in [6.07, 6.45) is 7.44. The van der Waals surface area contributed by atoms with Crippen LogP contribution in [0.3, 0.4) is 0 Å². The van der Waals surface area contributed by atoms with Crippen LogP contribution in [0.1, 0.15) is 65.7 Å². The Hall–Kier alpha value is -0.570. The highest BCUT2D eigenvalue weighted by Gasteiger charge is 2.39. The molecule has 1 rings (SSSR count). The van der Waals surface area contributed by atoms with Crippen LogP contribution >= 0.6 is 0 Å². The molecule has 0 aromatic carbocycles. The van der Waals surface area contributed by atoms with Crippen molar-refractivity contribution in [3.8, 4) is 0 Å². The smallest absolute Gasteiger partial charge is 0.310 e. The third-order valence-corrected chi connectivity index (χ3v) is 4.75. The summed E-state index contributed by atoms with van der Waals surface area (Å²) in [4.78, 5) is 14.2. The summed E-state index contributed by atoms with van der Waals surface area (Å²) in [7, 11) is 0. The minimum absolute atomic E-state index is 0.486. The normalized spacial score (nSPS) is 21.1. The Balaban J connectivity index is 2.72. The molecule has 1 unspecified atom stereocenters. The summed E-state index contributed by atoms with van der Waals surface area (Å²) in [6.45, 7) is 9.33. The first kappa shape index (κ1) is 16.5. The molecule has 0 aromatic heterocycles. The second kappa shape index (κ2) is 7.88. The van der Waals surface area contributed by atoms with Crippen LogP contribution in [0.15, 0.2) is 0 Å². The molecule has 1 aliphatic carbocycles. The molecule has 0 heterocycles. The van der Waals surface area contributed by atoms with Gasteiger partial charge < -0.3 is 10.0 Å². The molecular formula is C16H31NO2. The largest absolute Gasteiger partial charge is 0.481 e. The number of hydrogen-bond acceptors (Lipinski definition) is 2. The third kappa shape index (κ3) is 4.79. The van der Waals surface area contributed by atoms with E-state index in [9.17, 15) is 9.90 Å². The number of nitrogens with zero attached hydrogens (tertiary/aromatic N) is 1. The van der Waals surface area contributed by atoms with Crippen molar-refractivity contribution in [2.45, 2.75) is 65.7 Å². The fourth-order valence-electron chi connectivity index (χ4n) is 3.15. The molecule has 19 heavy (non-hydrogen) atoms. The molecule has 1 saturated carbocycles. The first-order chi connectivity index (χ1) is 9.04. The molecule has 1 atom stereocenters. The summed E-state index contributed by atoms with van der Waals surface area (Å²) >= 11 is 0. The van der Waals surface area contributed by atoms with Gasteiger partial charge in [-0.2, -0.15) is 0 Å². The lowest BCUT2D eigenvalue weighted by atomic mass is 9.79. The van der Waals surface area contributed by atoms with Crippen LogP contribution in [0, 0.1) is 11.3 Å². The molecule has 0 spiro atoms. The first-order valence-electron chi connectivity index (χ1n) is 8.00. The predicted molar refractivity (Wildman–Crippen MR) is 79.3 cm³/mol. The lowest BCUT2D eigenvalue weighted by Gasteiger charge is -2.35. The van der Waals surface area contributed by atoms with Crippen molar-refractivity contribution < 1.29 is 9.90 Å². The molecule has 0 saturated heterocycles. The molecule has 3 nitrogen and oxygen atoms in total. The van der Waals surface area contributed by atoms with Crippen LogP contribution in [0.4, 0.5) is 0 Å². The quantitative estimate of drug-likeness (QED) is 0.715. The molecule has 1 fully saturated rings. The van der Waals surface area contributed by atoms with Gasteiger partial charge in [0, 0.05) is 13.1 Å². The van der Waals surface area contributed by atoms with Crippen LogP contribution in [-0.2, 0) is 4.79 Å². The van der Waals surface area contributed by atoms with Gasteiger partial charge in [-0.05, 0) is 25.3 Å². The number of carboxylic acid groups (broad SMARTS) is 1. The minimum atomic E-state index is -0.572. The van der Waals surface area contributed by atoms with Gasteiger partial charge in [0.25, 0.3) is 0 Å². The van der Waals surface area contributed by atoms with E-state index in [4.69, 9.17) is 0 Å². The Morgan fingerprint density at radius 3 is 2.21 bits per heavy atom. The highest BCUT2D eigenvalue weighted by Crippen LogP contribution is 2.36. The molecule has 0 radical (unpaired) electrons. The number of carboxylic acids is 1. The topological polar surface area (TPSA) is 40.5 Å². The SMILES string of the molecule is CCC(C)CN(CC)CC1(C(=O)O)CCCCCC1. The van der Waals surface area contributed by atoms with Gasteiger partial charge in [0.05, 0.1) is 5.41 Å². The summed E-state index contributed by atoms with van der Waals surface area (Å²) < 4.78 is 0. The predicted octanol–water partition coefficient (Wildman–Crippen LogP) is 3.78. The molecule has 1 aliphatic rings. The molecule has 0 bridgehead atoms. The van der Waals surface area contributed by atoms with E-state index in [1.165, 1.54) is 12.8 Å². The molecule has 112 valence electrons. The average Bonchev–Trinajstić information content (AvgIpc) is 2.64. The maximum absolute atomic E-state index is 11.8. The first-order valence-corrected chi connectivity index (χ1v) is 8.00. The Morgan fingerprint density at radius 2 is 1.79 bits per heavy atom. The number of rotatable bonds is 7. The monoisotopic (exact) mass is 269 g/mol. The second-order valence-electron chi connectivity index (χ2n) is 6.34. The second-order valence-corrected chi connectivity index (χ2v) is 6.34. The Kier molecular flexibility index (Phi) is 6.84. The van der Waals surface area contributed by atoms with Crippen molar-refractivity contribution >= 4 is 5.97 Å². The van der Waals surface area contributed by atoms with Crippen LogP contribution in [0.2, 0.25) is 0 Å². The van der Waals surface area contributed by atoms with Crippen LogP contribution < -0.4 is 0 Å². The molecule has 0 amide bonds. The van der Waals surface area contributed by atoms with E-state index in [2.05, 4.69) is 25.7 Å². The van der Waals surface area contributed by atoms with Crippen molar-refractivity contribution in [2.24, 2.45) is 11.3 Å². The number of carbonyl (C=O) groups is 1. The van der Waals surface area contributed by atoms with E-state index < -0.39 is 11.4 Å². The Labute approximate surface area is 118 Å². The van der Waals surface area contributed by atoms with Gasteiger partial charge in [0.1, 0.15) is 0 Å². The maximum atomic E-state index is 11.8. The van der Waals surface area contributed by atoms with Gasteiger partial charge in [-0.15, -0.1) is 0 Å².